The molecule has 0 spiro atoms. The van der Waals surface area contributed by atoms with Crippen molar-refractivity contribution in [2.24, 2.45) is 0 Å². The molecule has 0 saturated carbocycles. The highest BCUT2D eigenvalue weighted by atomic mass is 32.2. The standard InChI is InChI=1S/C22H26BN5O3S2/c1-14-16(23)13-19(32-14)33(29,30)25-10-5-6-11-28-18(9-12-31-2)27-20-21(28)15-7-3-4-8-17(15)26-22(20)24/h3-4,7-8,13,25H,5-6,9-12H2,1-2H3,(H2,24,26). The van der Waals surface area contributed by atoms with Gasteiger partial charge in [-0.05, 0) is 36.8 Å². The number of ether oxygens (including phenoxy) is 1. The van der Waals surface area contributed by atoms with Crippen LogP contribution in [-0.2, 0) is 27.7 Å². The number of nitrogens with one attached hydrogen (secondary N) is 1. The fourth-order valence-corrected chi connectivity index (χ4v) is 6.30. The van der Waals surface area contributed by atoms with E-state index in [0.29, 0.717) is 49.3 Å². The van der Waals surface area contributed by atoms with Crippen molar-refractivity contribution in [3.8, 4) is 0 Å². The number of nitrogens with zero attached hydrogens (tertiary/aromatic N) is 3. The van der Waals surface area contributed by atoms with E-state index < -0.39 is 10.0 Å². The first-order valence-corrected chi connectivity index (χ1v) is 13.0. The van der Waals surface area contributed by atoms with E-state index >= 15 is 0 Å². The number of hydrogen-bond acceptors (Lipinski definition) is 7. The minimum Gasteiger partial charge on any atom is -0.384 e. The van der Waals surface area contributed by atoms with E-state index in [1.807, 2.05) is 31.2 Å². The zero-order valence-electron chi connectivity index (χ0n) is 18.7. The second kappa shape index (κ2) is 9.80. The zero-order valence-corrected chi connectivity index (χ0v) is 20.3. The molecule has 0 unspecified atom stereocenters. The number of nitrogen functional groups attached to an aromatic ring is 1. The van der Waals surface area contributed by atoms with Crippen molar-refractivity contribution >= 4 is 62.4 Å². The van der Waals surface area contributed by atoms with Crippen LogP contribution >= 0.6 is 11.3 Å². The Balaban J connectivity index is 1.51. The lowest BCUT2D eigenvalue weighted by Crippen LogP contribution is -2.24. The molecule has 8 nitrogen and oxygen atoms in total. The number of benzene rings is 1. The van der Waals surface area contributed by atoms with Crippen molar-refractivity contribution in [1.82, 2.24) is 19.3 Å². The predicted octanol–water partition coefficient (Wildman–Crippen LogP) is 2.28. The first-order valence-electron chi connectivity index (χ1n) is 10.7. The summed E-state index contributed by atoms with van der Waals surface area (Å²) in [5.41, 5.74) is 9.18. The first kappa shape index (κ1) is 23.7. The first-order chi connectivity index (χ1) is 15.8. The molecular formula is C22H26BN5O3S2. The lowest BCUT2D eigenvalue weighted by Gasteiger charge is -2.11. The number of unbranched alkanes of at least 4 members (excludes halogenated alkanes) is 1. The van der Waals surface area contributed by atoms with Crippen molar-refractivity contribution in [3.05, 3.63) is 41.0 Å². The Kier molecular flexibility index (Phi) is 7.03. The minimum absolute atomic E-state index is 0.245. The molecular weight excluding hydrogens is 457 g/mol. The fraction of sp³-hybridized carbons (Fsp3) is 0.364. The van der Waals surface area contributed by atoms with Crippen LogP contribution in [0.25, 0.3) is 21.9 Å². The Morgan fingerprint density at radius 2 is 2.03 bits per heavy atom. The number of anilines is 1. The Morgan fingerprint density at radius 3 is 2.76 bits per heavy atom. The molecule has 0 aliphatic rings. The average molecular weight is 483 g/mol. The van der Waals surface area contributed by atoms with Crippen LogP contribution in [0.5, 0.6) is 0 Å². The highest BCUT2D eigenvalue weighted by Crippen LogP contribution is 2.29. The number of nitrogens with two attached hydrogens (primary N) is 1. The van der Waals surface area contributed by atoms with Gasteiger partial charge in [0.1, 0.15) is 23.4 Å². The third kappa shape index (κ3) is 4.91. The van der Waals surface area contributed by atoms with Crippen LogP contribution in [-0.4, -0.2) is 51.1 Å². The van der Waals surface area contributed by atoms with Gasteiger partial charge in [0.25, 0.3) is 0 Å². The molecule has 0 amide bonds. The smallest absolute Gasteiger partial charge is 0.250 e. The van der Waals surface area contributed by atoms with Crippen LogP contribution in [0.3, 0.4) is 0 Å². The van der Waals surface area contributed by atoms with E-state index in [0.717, 1.165) is 33.5 Å². The van der Waals surface area contributed by atoms with Gasteiger partial charge in [0.15, 0.2) is 5.82 Å². The highest BCUT2D eigenvalue weighted by Gasteiger charge is 2.18. The molecule has 11 heteroatoms. The van der Waals surface area contributed by atoms with E-state index in [1.165, 1.54) is 17.4 Å². The molecule has 0 aliphatic carbocycles. The summed E-state index contributed by atoms with van der Waals surface area (Å²) in [6, 6.07) is 9.36. The molecule has 1 aromatic carbocycles. The van der Waals surface area contributed by atoms with Crippen molar-refractivity contribution in [3.63, 3.8) is 0 Å². The summed E-state index contributed by atoms with van der Waals surface area (Å²) in [4.78, 5) is 10.1. The molecule has 0 atom stereocenters. The summed E-state index contributed by atoms with van der Waals surface area (Å²) in [6.07, 6.45) is 2.07. The van der Waals surface area contributed by atoms with Crippen molar-refractivity contribution in [2.75, 3.05) is 26.0 Å². The van der Waals surface area contributed by atoms with Gasteiger partial charge in [-0.2, -0.15) is 0 Å². The Labute approximate surface area is 198 Å². The van der Waals surface area contributed by atoms with Gasteiger partial charge in [-0.25, -0.2) is 23.1 Å². The topological polar surface area (TPSA) is 112 Å². The second-order valence-corrected chi connectivity index (χ2v) is 11.1. The molecule has 33 heavy (non-hydrogen) atoms. The van der Waals surface area contributed by atoms with Gasteiger partial charge in [0, 0.05) is 32.0 Å². The van der Waals surface area contributed by atoms with Gasteiger partial charge >= 0.3 is 0 Å². The van der Waals surface area contributed by atoms with Crippen LogP contribution < -0.4 is 15.9 Å². The maximum absolute atomic E-state index is 12.5. The van der Waals surface area contributed by atoms with Crippen molar-refractivity contribution < 1.29 is 13.2 Å². The number of fused-ring (bicyclic) bond motifs is 3. The van der Waals surface area contributed by atoms with Gasteiger partial charge in [-0.1, -0.05) is 23.7 Å². The zero-order chi connectivity index (χ0) is 23.6. The molecule has 3 N–H and O–H groups in total. The van der Waals surface area contributed by atoms with E-state index in [4.69, 9.17) is 23.3 Å². The number of sulfonamides is 1. The highest BCUT2D eigenvalue weighted by molar-refractivity contribution is 7.91. The second-order valence-electron chi connectivity index (χ2n) is 7.82. The maximum atomic E-state index is 12.5. The van der Waals surface area contributed by atoms with Crippen LogP contribution in [0.1, 0.15) is 23.5 Å². The lowest BCUT2D eigenvalue weighted by molar-refractivity contribution is 0.199. The Hall–Kier alpha value is -2.47. The van der Waals surface area contributed by atoms with Crippen LogP contribution in [0, 0.1) is 6.92 Å². The molecule has 0 saturated heterocycles. The van der Waals surface area contributed by atoms with Crippen molar-refractivity contribution in [2.45, 2.75) is 36.9 Å². The number of hydrogen-bond donors (Lipinski definition) is 2. The molecule has 172 valence electrons. The molecule has 4 rings (SSSR count). The minimum atomic E-state index is -3.56. The van der Waals surface area contributed by atoms with Crippen LogP contribution in [0.4, 0.5) is 5.82 Å². The molecule has 2 radical (unpaired) electrons. The quantitative estimate of drug-likeness (QED) is 0.264. The van der Waals surface area contributed by atoms with E-state index in [-0.39, 0.29) is 4.21 Å². The lowest BCUT2D eigenvalue weighted by atomic mass is 9.98. The number of methoxy groups -OCH3 is 1. The molecule has 3 aromatic heterocycles. The van der Waals surface area contributed by atoms with E-state index in [1.54, 1.807) is 7.11 Å². The predicted molar refractivity (Wildman–Crippen MR) is 134 cm³/mol. The third-order valence-electron chi connectivity index (χ3n) is 5.52. The number of para-hydroxylation sites is 1. The monoisotopic (exact) mass is 483 g/mol. The van der Waals surface area contributed by atoms with Gasteiger partial charge in [0.05, 0.1) is 17.6 Å². The number of aromatic nitrogens is 3. The van der Waals surface area contributed by atoms with Crippen molar-refractivity contribution in [1.29, 1.82) is 0 Å². The molecule has 3 heterocycles. The van der Waals surface area contributed by atoms with Gasteiger partial charge in [-0.3, -0.25) is 0 Å². The fourth-order valence-electron chi connectivity index (χ4n) is 3.80. The molecule has 4 aromatic rings. The normalized spacial score (nSPS) is 12.2. The van der Waals surface area contributed by atoms with Crippen LogP contribution in [0.2, 0.25) is 0 Å². The Morgan fingerprint density at radius 1 is 1.24 bits per heavy atom. The van der Waals surface area contributed by atoms with E-state index in [9.17, 15) is 8.42 Å². The van der Waals surface area contributed by atoms with Gasteiger partial charge < -0.3 is 15.0 Å². The van der Waals surface area contributed by atoms with E-state index in [2.05, 4.69) is 14.3 Å². The maximum Gasteiger partial charge on any atom is 0.250 e. The molecule has 0 bridgehead atoms. The summed E-state index contributed by atoms with van der Waals surface area (Å²) in [5.74, 6) is 1.28. The third-order valence-corrected chi connectivity index (χ3v) is 8.52. The Bertz CT molecular complexity index is 1380. The summed E-state index contributed by atoms with van der Waals surface area (Å²) < 4.78 is 35.4. The average Bonchev–Trinajstić information content (AvgIpc) is 3.33. The number of rotatable bonds is 10. The molecule has 0 aliphatic heterocycles. The van der Waals surface area contributed by atoms with Gasteiger partial charge in [-0.15, -0.1) is 11.3 Å². The van der Waals surface area contributed by atoms with Gasteiger partial charge in [0.2, 0.25) is 10.0 Å². The number of imidazole rings is 1. The number of pyridine rings is 1. The number of thiophene rings is 1. The largest absolute Gasteiger partial charge is 0.384 e. The number of aryl methyl sites for hydroxylation is 2. The summed E-state index contributed by atoms with van der Waals surface area (Å²) in [7, 11) is 3.90. The molecule has 0 fully saturated rings. The summed E-state index contributed by atoms with van der Waals surface area (Å²) in [6.45, 7) is 3.36. The summed E-state index contributed by atoms with van der Waals surface area (Å²) in [5, 5.41) is 0.990. The SMILES string of the molecule is [B]c1cc(S(=O)(=O)NCCCCn2c(CCOC)nc3c(N)nc4ccccc4c32)sc1C. The summed E-state index contributed by atoms with van der Waals surface area (Å²) >= 11 is 1.18. The van der Waals surface area contributed by atoms with Crippen LogP contribution in [0.15, 0.2) is 34.5 Å².